The van der Waals surface area contributed by atoms with Crippen molar-refractivity contribution in [1.29, 1.82) is 0 Å². The molecule has 0 amide bonds. The van der Waals surface area contributed by atoms with Gasteiger partial charge in [-0.05, 0) is 23.6 Å². The molecule has 3 nitrogen and oxygen atoms in total. The summed E-state index contributed by atoms with van der Waals surface area (Å²) in [5, 5.41) is 8.64. The fraction of sp³-hybridized carbons (Fsp3) is 0.176. The lowest BCUT2D eigenvalue weighted by Gasteiger charge is -1.99. The largest absolute Gasteiger partial charge is 1.00 e. The van der Waals surface area contributed by atoms with Gasteiger partial charge in [0.2, 0.25) is 0 Å². The average Bonchev–Trinajstić information content (AvgIpc) is 2.45. The summed E-state index contributed by atoms with van der Waals surface area (Å²) in [6.45, 7) is 2.58. The monoisotopic (exact) mass is 303 g/mol. The third kappa shape index (κ3) is 5.40. The van der Waals surface area contributed by atoms with Crippen LogP contribution in [0, 0.1) is 6.92 Å². The Hall–Kier alpha value is -2.13. The highest BCUT2D eigenvalue weighted by Crippen LogP contribution is 2.11. The SMILES string of the molecule is Cc1ccccc1/C=C\c1cc[n+](CCC(=O)O)cc1.[Cl-]. The van der Waals surface area contributed by atoms with Gasteiger partial charge < -0.3 is 17.5 Å². The number of aromatic nitrogens is 1. The first-order valence-electron chi connectivity index (χ1n) is 6.60. The van der Waals surface area contributed by atoms with Gasteiger partial charge in [-0.1, -0.05) is 36.4 Å². The predicted molar refractivity (Wildman–Crippen MR) is 79.0 cm³/mol. The molecule has 1 heterocycles. The first-order chi connectivity index (χ1) is 9.65. The maximum Gasteiger partial charge on any atom is 0.309 e. The third-order valence-corrected chi connectivity index (χ3v) is 3.14. The van der Waals surface area contributed by atoms with Crippen LogP contribution < -0.4 is 17.0 Å². The van der Waals surface area contributed by atoms with Gasteiger partial charge in [0.25, 0.3) is 0 Å². The van der Waals surface area contributed by atoms with E-state index in [-0.39, 0.29) is 18.8 Å². The van der Waals surface area contributed by atoms with E-state index in [0.29, 0.717) is 6.54 Å². The van der Waals surface area contributed by atoms with Gasteiger partial charge in [0.15, 0.2) is 18.9 Å². The highest BCUT2D eigenvalue weighted by atomic mass is 35.5. The second-order valence-electron chi connectivity index (χ2n) is 4.70. The van der Waals surface area contributed by atoms with Crippen molar-refractivity contribution in [2.45, 2.75) is 19.9 Å². The second-order valence-corrected chi connectivity index (χ2v) is 4.70. The molecule has 0 spiro atoms. The van der Waals surface area contributed by atoms with Gasteiger partial charge in [0.05, 0.1) is 0 Å². The minimum atomic E-state index is -0.777. The summed E-state index contributed by atoms with van der Waals surface area (Å²) < 4.78 is 1.87. The Morgan fingerprint density at radius 1 is 1.14 bits per heavy atom. The highest BCUT2D eigenvalue weighted by molar-refractivity contribution is 5.70. The van der Waals surface area contributed by atoms with Crippen LogP contribution in [0.25, 0.3) is 12.2 Å². The number of carboxylic acid groups (broad SMARTS) is 1. The van der Waals surface area contributed by atoms with Crippen LogP contribution >= 0.6 is 0 Å². The van der Waals surface area contributed by atoms with Gasteiger partial charge in [-0.3, -0.25) is 4.79 Å². The standard InChI is InChI=1S/C17H17NO2.ClH/c1-14-4-2-3-5-16(14)7-6-15-8-11-18(12-9-15)13-10-17(19)20;/h2-9,11-12H,10,13H2,1H3;1H/b7-6-;. The number of nitrogens with zero attached hydrogens (tertiary/aromatic N) is 1. The average molecular weight is 304 g/mol. The molecule has 110 valence electrons. The molecule has 1 aromatic carbocycles. The Kier molecular flexibility index (Phi) is 6.63. The van der Waals surface area contributed by atoms with Gasteiger partial charge >= 0.3 is 5.97 Å². The van der Waals surface area contributed by atoms with Crippen molar-refractivity contribution in [2.75, 3.05) is 0 Å². The zero-order valence-electron chi connectivity index (χ0n) is 11.9. The molecule has 0 radical (unpaired) electrons. The van der Waals surface area contributed by atoms with Crippen LogP contribution in [0.5, 0.6) is 0 Å². The predicted octanol–water partition coefficient (Wildman–Crippen LogP) is -0.0684. The van der Waals surface area contributed by atoms with Crippen LogP contribution in [-0.2, 0) is 11.3 Å². The van der Waals surface area contributed by atoms with Crippen LogP contribution in [0.3, 0.4) is 0 Å². The minimum Gasteiger partial charge on any atom is -1.00 e. The number of hydrogen-bond donors (Lipinski definition) is 1. The zero-order chi connectivity index (χ0) is 14.4. The first-order valence-corrected chi connectivity index (χ1v) is 6.60. The molecule has 0 saturated carbocycles. The number of aliphatic carboxylic acids is 1. The maximum atomic E-state index is 10.5. The summed E-state index contributed by atoms with van der Waals surface area (Å²) in [4.78, 5) is 10.5. The molecule has 4 heteroatoms. The summed E-state index contributed by atoms with van der Waals surface area (Å²) >= 11 is 0. The van der Waals surface area contributed by atoms with Crippen molar-refractivity contribution in [3.05, 3.63) is 65.5 Å². The topological polar surface area (TPSA) is 41.2 Å². The van der Waals surface area contributed by atoms with E-state index in [0.717, 1.165) is 5.56 Å². The second kappa shape index (κ2) is 8.22. The number of halogens is 1. The summed E-state index contributed by atoms with van der Waals surface area (Å²) in [6.07, 6.45) is 8.10. The summed E-state index contributed by atoms with van der Waals surface area (Å²) in [7, 11) is 0. The number of carbonyl (C=O) groups is 1. The number of pyridine rings is 1. The molecular weight excluding hydrogens is 286 g/mol. The summed E-state index contributed by atoms with van der Waals surface area (Å²) in [6, 6.07) is 12.2. The van der Waals surface area contributed by atoms with E-state index in [9.17, 15) is 4.79 Å². The molecule has 1 aromatic heterocycles. The molecule has 0 aliphatic rings. The number of benzene rings is 1. The van der Waals surface area contributed by atoms with Crippen LogP contribution in [0.1, 0.15) is 23.1 Å². The van der Waals surface area contributed by atoms with E-state index in [2.05, 4.69) is 31.2 Å². The van der Waals surface area contributed by atoms with E-state index in [1.165, 1.54) is 11.1 Å². The minimum absolute atomic E-state index is 0. The van der Waals surface area contributed by atoms with Crippen LogP contribution in [-0.4, -0.2) is 11.1 Å². The van der Waals surface area contributed by atoms with Crippen LogP contribution in [0.4, 0.5) is 0 Å². The molecule has 0 unspecified atom stereocenters. The number of aryl methyl sites for hydroxylation is 2. The van der Waals surface area contributed by atoms with Gasteiger partial charge in [-0.2, -0.15) is 0 Å². The van der Waals surface area contributed by atoms with E-state index in [1.807, 2.05) is 41.2 Å². The van der Waals surface area contributed by atoms with Crippen molar-refractivity contribution >= 4 is 18.1 Å². The molecular formula is C17H18ClNO2. The first kappa shape index (κ1) is 16.9. The Labute approximate surface area is 131 Å². The highest BCUT2D eigenvalue weighted by Gasteiger charge is 2.03. The van der Waals surface area contributed by atoms with E-state index < -0.39 is 5.97 Å². The lowest BCUT2D eigenvalue weighted by molar-refractivity contribution is -0.696. The Morgan fingerprint density at radius 2 is 1.81 bits per heavy atom. The third-order valence-electron chi connectivity index (χ3n) is 3.14. The zero-order valence-corrected chi connectivity index (χ0v) is 12.6. The Bertz CT molecular complexity index is 621. The molecule has 0 atom stereocenters. The number of rotatable bonds is 5. The maximum absolute atomic E-state index is 10.5. The fourth-order valence-electron chi connectivity index (χ4n) is 1.91. The molecule has 2 rings (SSSR count). The fourth-order valence-corrected chi connectivity index (χ4v) is 1.91. The summed E-state index contributed by atoms with van der Waals surface area (Å²) in [5.74, 6) is -0.777. The van der Waals surface area contributed by atoms with E-state index >= 15 is 0 Å². The molecule has 21 heavy (non-hydrogen) atoms. The smallest absolute Gasteiger partial charge is 0.309 e. The van der Waals surface area contributed by atoms with Gasteiger partial charge in [-0.15, -0.1) is 0 Å². The summed E-state index contributed by atoms with van der Waals surface area (Å²) in [5.41, 5.74) is 3.55. The van der Waals surface area contributed by atoms with Gasteiger partial charge in [-0.25, -0.2) is 4.57 Å². The Morgan fingerprint density at radius 3 is 2.43 bits per heavy atom. The van der Waals surface area contributed by atoms with Crippen molar-refractivity contribution in [1.82, 2.24) is 0 Å². The van der Waals surface area contributed by atoms with E-state index in [1.54, 1.807) is 0 Å². The lowest BCUT2D eigenvalue weighted by Crippen LogP contribution is -3.00. The lowest BCUT2D eigenvalue weighted by atomic mass is 10.1. The van der Waals surface area contributed by atoms with Crippen molar-refractivity contribution in [2.24, 2.45) is 0 Å². The molecule has 0 aliphatic heterocycles. The van der Waals surface area contributed by atoms with Gasteiger partial charge in [0.1, 0.15) is 6.42 Å². The van der Waals surface area contributed by atoms with E-state index in [4.69, 9.17) is 5.11 Å². The quantitative estimate of drug-likeness (QED) is 0.786. The van der Waals surface area contributed by atoms with Crippen LogP contribution in [0.2, 0.25) is 0 Å². The molecule has 2 aromatic rings. The molecule has 1 N–H and O–H groups in total. The van der Waals surface area contributed by atoms with Crippen molar-refractivity contribution in [3.63, 3.8) is 0 Å². The molecule has 0 saturated heterocycles. The van der Waals surface area contributed by atoms with Crippen molar-refractivity contribution in [3.8, 4) is 0 Å². The van der Waals surface area contributed by atoms with Crippen molar-refractivity contribution < 1.29 is 26.9 Å². The van der Waals surface area contributed by atoms with Gasteiger partial charge in [0, 0.05) is 12.1 Å². The van der Waals surface area contributed by atoms with Crippen LogP contribution in [0.15, 0.2) is 48.8 Å². The normalized spacial score (nSPS) is 10.3. The molecule has 0 aliphatic carbocycles. The molecule has 0 bridgehead atoms. The number of carboxylic acids is 1. The molecule has 0 fully saturated rings. The Balaban J connectivity index is 0.00000220. The number of hydrogen-bond acceptors (Lipinski definition) is 1.